The Bertz CT molecular complexity index is 958. The van der Waals surface area contributed by atoms with Gasteiger partial charge in [-0.25, -0.2) is 0 Å². The van der Waals surface area contributed by atoms with Crippen molar-refractivity contribution in [2.75, 3.05) is 0 Å². The van der Waals surface area contributed by atoms with Crippen molar-refractivity contribution in [2.24, 2.45) is 0 Å². The number of hydrogen-bond donors (Lipinski definition) is 2. The van der Waals surface area contributed by atoms with Crippen molar-refractivity contribution in [3.8, 4) is 0 Å². The van der Waals surface area contributed by atoms with E-state index in [2.05, 4.69) is 0 Å². The Labute approximate surface area is 171 Å². The van der Waals surface area contributed by atoms with Gasteiger partial charge in [0, 0.05) is 9.75 Å². The number of hydrogen-bond acceptors (Lipinski definition) is 5. The van der Waals surface area contributed by atoms with E-state index in [1.165, 1.54) is 22.7 Å². The average Bonchev–Trinajstić information content (AvgIpc) is 3.48. The number of carbonyl (C=O) groups excluding carboxylic acids is 1. The summed E-state index contributed by atoms with van der Waals surface area (Å²) in [7, 11) is 0. The van der Waals surface area contributed by atoms with Gasteiger partial charge in [-0.15, -0.1) is 22.7 Å². The van der Waals surface area contributed by atoms with E-state index in [0.717, 1.165) is 0 Å². The number of benzene rings is 2. The molecule has 4 rings (SSSR count). The largest absolute Gasteiger partial charge is 0.372 e. The quantitative estimate of drug-likeness (QED) is 0.494. The summed E-state index contributed by atoms with van der Waals surface area (Å²) in [5, 5.41) is 27.2. The zero-order valence-electron chi connectivity index (χ0n) is 14.9. The molecular formula is C23H18O3S2. The van der Waals surface area contributed by atoms with Crippen molar-refractivity contribution in [1.82, 2.24) is 0 Å². The molecule has 5 heteroatoms. The summed E-state index contributed by atoms with van der Waals surface area (Å²) < 4.78 is 0. The summed E-state index contributed by atoms with van der Waals surface area (Å²) in [6, 6.07) is 24.6. The van der Waals surface area contributed by atoms with Crippen LogP contribution in [0.25, 0.3) is 0 Å². The Morgan fingerprint density at radius 3 is 1.32 bits per heavy atom. The SMILES string of the molecule is O=C(C(O)(c1ccccc1)c1cccs1)C(O)(c1ccccc1)c1cccs1. The molecule has 0 aliphatic carbocycles. The summed E-state index contributed by atoms with van der Waals surface area (Å²) in [4.78, 5) is 14.9. The van der Waals surface area contributed by atoms with Crippen molar-refractivity contribution in [1.29, 1.82) is 0 Å². The minimum atomic E-state index is -1.98. The zero-order valence-corrected chi connectivity index (χ0v) is 16.5. The van der Waals surface area contributed by atoms with E-state index in [-0.39, 0.29) is 0 Å². The van der Waals surface area contributed by atoms with Gasteiger partial charge < -0.3 is 10.2 Å². The van der Waals surface area contributed by atoms with E-state index < -0.39 is 17.0 Å². The molecule has 140 valence electrons. The molecule has 2 heterocycles. The number of ketones is 1. The van der Waals surface area contributed by atoms with Gasteiger partial charge in [0.05, 0.1) is 0 Å². The summed E-state index contributed by atoms with van der Waals surface area (Å²) in [5.41, 5.74) is -3.12. The third-order valence-electron chi connectivity index (χ3n) is 4.80. The first kappa shape index (κ1) is 18.8. The lowest BCUT2D eigenvalue weighted by Gasteiger charge is -2.35. The first-order chi connectivity index (χ1) is 13.6. The molecule has 2 aromatic heterocycles. The second-order valence-electron chi connectivity index (χ2n) is 6.44. The topological polar surface area (TPSA) is 57.5 Å². The van der Waals surface area contributed by atoms with Crippen LogP contribution < -0.4 is 0 Å². The molecule has 28 heavy (non-hydrogen) atoms. The van der Waals surface area contributed by atoms with Gasteiger partial charge in [0.2, 0.25) is 5.78 Å². The standard InChI is InChI=1S/C23H18O3S2/c24-21(22(25,19-13-7-15-27-19)17-9-3-1-4-10-17)23(26,20-14-8-16-28-20)18-11-5-2-6-12-18/h1-16,25-26H. The van der Waals surface area contributed by atoms with Crippen LogP contribution in [0.4, 0.5) is 0 Å². The second-order valence-corrected chi connectivity index (χ2v) is 8.33. The Morgan fingerprint density at radius 2 is 1.00 bits per heavy atom. The first-order valence-corrected chi connectivity index (χ1v) is 10.5. The normalized spacial score (nSPS) is 15.5. The molecule has 0 aliphatic rings. The van der Waals surface area contributed by atoms with Gasteiger partial charge in [0.1, 0.15) is 0 Å². The van der Waals surface area contributed by atoms with Crippen LogP contribution in [0.5, 0.6) is 0 Å². The van der Waals surface area contributed by atoms with Crippen LogP contribution >= 0.6 is 22.7 Å². The molecule has 0 aliphatic heterocycles. The third-order valence-corrected chi connectivity index (χ3v) is 6.75. The highest BCUT2D eigenvalue weighted by atomic mass is 32.1. The average molecular weight is 407 g/mol. The summed E-state index contributed by atoms with van der Waals surface area (Å²) in [5.74, 6) is -0.692. The lowest BCUT2D eigenvalue weighted by atomic mass is 9.75. The molecule has 0 radical (unpaired) electrons. The number of Topliss-reactive ketones (excluding diaryl/α,β-unsaturated/α-hetero) is 1. The minimum Gasteiger partial charge on any atom is -0.372 e. The monoisotopic (exact) mass is 406 g/mol. The van der Waals surface area contributed by atoms with Crippen LogP contribution in [0, 0.1) is 0 Å². The van der Waals surface area contributed by atoms with E-state index in [0.29, 0.717) is 20.9 Å². The zero-order chi connectivity index (χ0) is 19.6. The van der Waals surface area contributed by atoms with Gasteiger partial charge in [0.15, 0.2) is 11.2 Å². The molecule has 2 atom stereocenters. The van der Waals surface area contributed by atoms with Crippen LogP contribution in [0.15, 0.2) is 95.7 Å². The van der Waals surface area contributed by atoms with Gasteiger partial charge in [-0.1, -0.05) is 72.8 Å². The van der Waals surface area contributed by atoms with Crippen LogP contribution in [0.3, 0.4) is 0 Å². The van der Waals surface area contributed by atoms with Crippen LogP contribution in [0.2, 0.25) is 0 Å². The molecule has 4 aromatic rings. The third kappa shape index (κ3) is 2.93. The Morgan fingerprint density at radius 1 is 0.607 bits per heavy atom. The summed E-state index contributed by atoms with van der Waals surface area (Å²) in [6.07, 6.45) is 0. The van der Waals surface area contributed by atoms with E-state index >= 15 is 0 Å². The van der Waals surface area contributed by atoms with E-state index in [4.69, 9.17) is 0 Å². The Hall–Kier alpha value is -2.57. The maximum Gasteiger partial charge on any atom is 0.215 e. The van der Waals surface area contributed by atoms with Crippen LogP contribution in [0.1, 0.15) is 20.9 Å². The fourth-order valence-electron chi connectivity index (χ4n) is 3.36. The lowest BCUT2D eigenvalue weighted by molar-refractivity contribution is -0.150. The van der Waals surface area contributed by atoms with Crippen molar-refractivity contribution in [3.05, 3.63) is 117 Å². The predicted octanol–water partition coefficient (Wildman–Crippen LogP) is 4.55. The van der Waals surface area contributed by atoms with Gasteiger partial charge in [-0.2, -0.15) is 0 Å². The molecule has 0 saturated carbocycles. The molecule has 2 N–H and O–H groups in total. The van der Waals surface area contributed by atoms with E-state index in [9.17, 15) is 15.0 Å². The molecule has 2 aromatic carbocycles. The molecule has 0 bridgehead atoms. The molecule has 0 amide bonds. The van der Waals surface area contributed by atoms with E-state index in [1.54, 1.807) is 72.8 Å². The molecule has 0 fully saturated rings. The van der Waals surface area contributed by atoms with E-state index in [1.807, 2.05) is 22.9 Å². The molecule has 3 nitrogen and oxygen atoms in total. The Balaban J connectivity index is 1.97. The molecule has 0 spiro atoms. The summed E-state index contributed by atoms with van der Waals surface area (Å²) >= 11 is 2.57. The van der Waals surface area contributed by atoms with Gasteiger partial charge in [-0.05, 0) is 34.0 Å². The highest BCUT2D eigenvalue weighted by Crippen LogP contribution is 2.43. The molecular weight excluding hydrogens is 388 g/mol. The minimum absolute atomic E-state index is 0.424. The fourth-order valence-corrected chi connectivity index (χ4v) is 5.04. The maximum atomic E-state index is 14.0. The number of carbonyl (C=O) groups is 1. The van der Waals surface area contributed by atoms with Gasteiger partial charge in [0.25, 0.3) is 0 Å². The molecule has 0 saturated heterocycles. The summed E-state index contributed by atoms with van der Waals surface area (Å²) in [6.45, 7) is 0. The van der Waals surface area contributed by atoms with Crippen molar-refractivity contribution >= 4 is 28.5 Å². The maximum absolute atomic E-state index is 14.0. The van der Waals surface area contributed by atoms with Crippen LogP contribution in [-0.4, -0.2) is 16.0 Å². The first-order valence-electron chi connectivity index (χ1n) is 8.76. The highest BCUT2D eigenvalue weighted by Gasteiger charge is 2.53. The lowest BCUT2D eigenvalue weighted by Crippen LogP contribution is -2.50. The van der Waals surface area contributed by atoms with Crippen LogP contribution in [-0.2, 0) is 16.0 Å². The smallest absolute Gasteiger partial charge is 0.215 e. The number of thiophene rings is 2. The number of aliphatic hydroxyl groups is 2. The van der Waals surface area contributed by atoms with Gasteiger partial charge >= 0.3 is 0 Å². The predicted molar refractivity (Wildman–Crippen MR) is 113 cm³/mol. The fraction of sp³-hybridized carbons (Fsp3) is 0.0870. The van der Waals surface area contributed by atoms with Crippen molar-refractivity contribution in [2.45, 2.75) is 11.2 Å². The Kier molecular flexibility index (Phi) is 5.00. The highest BCUT2D eigenvalue weighted by molar-refractivity contribution is 7.10. The van der Waals surface area contributed by atoms with Gasteiger partial charge in [-0.3, -0.25) is 4.79 Å². The van der Waals surface area contributed by atoms with Crippen molar-refractivity contribution in [3.63, 3.8) is 0 Å². The number of rotatable bonds is 6. The molecule has 2 unspecified atom stereocenters. The van der Waals surface area contributed by atoms with Crippen molar-refractivity contribution < 1.29 is 15.0 Å². The second kappa shape index (κ2) is 7.45.